The summed E-state index contributed by atoms with van der Waals surface area (Å²) in [6, 6.07) is 0. The summed E-state index contributed by atoms with van der Waals surface area (Å²) in [7, 11) is 0. The molecule has 1 heteroatoms. The van der Waals surface area contributed by atoms with E-state index in [1.54, 1.807) is 0 Å². The highest BCUT2D eigenvalue weighted by atomic mass is 127. The number of hydrogen-bond donors (Lipinski definition) is 0. The first-order valence-electron chi connectivity index (χ1n) is 2.62. The Morgan fingerprint density at radius 2 is 1.22 bits per heavy atom. The second kappa shape index (κ2) is 6.08. The Balaban J connectivity index is 0. The molecule has 0 nitrogen and oxygen atoms in total. The zero-order chi connectivity index (χ0) is 6.57. The molecule has 9 heavy (non-hydrogen) atoms. The number of hydrogen-bond acceptors (Lipinski definition) is 0. The van der Waals surface area contributed by atoms with Crippen LogP contribution < -0.4 is 0 Å². The molecule has 0 aliphatic rings. The van der Waals surface area contributed by atoms with Crippen LogP contribution >= 0.6 is 24.0 Å². The maximum absolute atomic E-state index is 3.70. The highest BCUT2D eigenvalue weighted by Gasteiger charge is 1.72. The van der Waals surface area contributed by atoms with Crippen LogP contribution in [0, 0.1) is 0 Å². The van der Waals surface area contributed by atoms with E-state index in [9.17, 15) is 0 Å². The van der Waals surface area contributed by atoms with Gasteiger partial charge in [0.2, 0.25) is 0 Å². The summed E-state index contributed by atoms with van der Waals surface area (Å²) in [5.74, 6) is 0. The number of allylic oxidation sites excluding steroid dienone is 4. The van der Waals surface area contributed by atoms with Crippen molar-refractivity contribution in [2.24, 2.45) is 0 Å². The molecule has 0 heterocycles. The van der Waals surface area contributed by atoms with Gasteiger partial charge < -0.3 is 0 Å². The van der Waals surface area contributed by atoms with Crippen LogP contribution in [0.4, 0.5) is 0 Å². The maximum atomic E-state index is 3.70. The Morgan fingerprint density at radius 3 is 1.33 bits per heavy atom. The molecule has 0 saturated heterocycles. The molecule has 0 amide bonds. The lowest BCUT2D eigenvalue weighted by Crippen LogP contribution is -1.62. The zero-order valence-electron chi connectivity index (χ0n) is 5.98. The summed E-state index contributed by atoms with van der Waals surface area (Å²) in [6.07, 6.45) is 3.89. The van der Waals surface area contributed by atoms with Gasteiger partial charge in [-0.2, -0.15) is 0 Å². The topological polar surface area (TPSA) is 0 Å². The molecule has 0 aromatic heterocycles. The second-order valence-electron chi connectivity index (χ2n) is 2.03. The standard InChI is InChI=1S/C8H12.HI/c1-7(2)5-6-8(3)4;/h5-6H,1,3H2,2,4H3;1H/b6-5-;. The molecule has 0 atom stereocenters. The van der Waals surface area contributed by atoms with Gasteiger partial charge in [-0.15, -0.1) is 24.0 Å². The van der Waals surface area contributed by atoms with Crippen molar-refractivity contribution >= 4 is 24.0 Å². The van der Waals surface area contributed by atoms with Gasteiger partial charge in [0, 0.05) is 0 Å². The van der Waals surface area contributed by atoms with Crippen molar-refractivity contribution < 1.29 is 0 Å². The SMILES string of the molecule is C=C(C)/C=C\C(=C)C.I. The normalized spacial score (nSPS) is 8.67. The van der Waals surface area contributed by atoms with Crippen LogP contribution in [0.25, 0.3) is 0 Å². The number of halogens is 1. The van der Waals surface area contributed by atoms with E-state index in [2.05, 4.69) is 13.2 Å². The first-order chi connectivity index (χ1) is 3.63. The molecule has 0 fully saturated rings. The van der Waals surface area contributed by atoms with Crippen LogP contribution in [0.1, 0.15) is 13.8 Å². The molecule has 0 spiro atoms. The fourth-order valence-corrected chi connectivity index (χ4v) is 0.285. The maximum Gasteiger partial charge on any atom is -0.0404 e. The summed E-state index contributed by atoms with van der Waals surface area (Å²) in [5.41, 5.74) is 2.13. The van der Waals surface area contributed by atoms with E-state index in [4.69, 9.17) is 0 Å². The van der Waals surface area contributed by atoms with E-state index in [1.807, 2.05) is 26.0 Å². The van der Waals surface area contributed by atoms with E-state index in [0.717, 1.165) is 11.1 Å². The highest BCUT2D eigenvalue weighted by Crippen LogP contribution is 1.94. The minimum atomic E-state index is 0. The van der Waals surface area contributed by atoms with Crippen LogP contribution in [0.15, 0.2) is 36.5 Å². The van der Waals surface area contributed by atoms with Gasteiger partial charge in [-0.1, -0.05) is 36.5 Å². The average molecular weight is 236 g/mol. The second-order valence-corrected chi connectivity index (χ2v) is 2.03. The van der Waals surface area contributed by atoms with Crippen molar-refractivity contribution in [1.29, 1.82) is 0 Å². The van der Waals surface area contributed by atoms with Crippen LogP contribution in [0.3, 0.4) is 0 Å². The van der Waals surface area contributed by atoms with Crippen molar-refractivity contribution in [2.75, 3.05) is 0 Å². The first kappa shape index (κ1) is 11.7. The summed E-state index contributed by atoms with van der Waals surface area (Å²) in [4.78, 5) is 0. The molecule has 0 aliphatic carbocycles. The van der Waals surface area contributed by atoms with E-state index in [1.165, 1.54) is 0 Å². The fraction of sp³-hybridized carbons (Fsp3) is 0.250. The lowest BCUT2D eigenvalue weighted by molar-refractivity contribution is 1.50. The Kier molecular flexibility index (Phi) is 7.91. The molecule has 0 unspecified atom stereocenters. The Labute approximate surface area is 74.4 Å². The van der Waals surface area contributed by atoms with E-state index in [-0.39, 0.29) is 24.0 Å². The predicted molar refractivity (Wildman–Crippen MR) is 54.2 cm³/mol. The summed E-state index contributed by atoms with van der Waals surface area (Å²) in [6.45, 7) is 11.3. The molecule has 0 N–H and O–H groups in total. The number of rotatable bonds is 2. The van der Waals surface area contributed by atoms with Gasteiger partial charge in [0.1, 0.15) is 0 Å². The van der Waals surface area contributed by atoms with Crippen LogP contribution in [-0.4, -0.2) is 0 Å². The predicted octanol–water partition coefficient (Wildman–Crippen LogP) is 3.31. The summed E-state index contributed by atoms with van der Waals surface area (Å²) in [5, 5.41) is 0. The van der Waals surface area contributed by atoms with Crippen LogP contribution in [-0.2, 0) is 0 Å². The molecule has 0 rings (SSSR count). The molecule has 0 saturated carbocycles. The third-order valence-corrected chi connectivity index (χ3v) is 0.652. The Bertz CT molecular complexity index is 116. The van der Waals surface area contributed by atoms with Crippen molar-refractivity contribution in [2.45, 2.75) is 13.8 Å². The molecule has 52 valence electrons. The van der Waals surface area contributed by atoms with Crippen molar-refractivity contribution in [3.8, 4) is 0 Å². The van der Waals surface area contributed by atoms with Crippen molar-refractivity contribution in [3.05, 3.63) is 36.5 Å². The van der Waals surface area contributed by atoms with Crippen LogP contribution in [0.5, 0.6) is 0 Å². The largest absolute Gasteiger partial charge is 0.107 e. The van der Waals surface area contributed by atoms with Crippen LogP contribution in [0.2, 0.25) is 0 Å². The zero-order valence-corrected chi connectivity index (χ0v) is 8.31. The summed E-state index contributed by atoms with van der Waals surface area (Å²) >= 11 is 0. The Morgan fingerprint density at radius 1 is 1.00 bits per heavy atom. The first-order valence-corrected chi connectivity index (χ1v) is 2.62. The smallest absolute Gasteiger partial charge is 0.0404 e. The summed E-state index contributed by atoms with van der Waals surface area (Å²) < 4.78 is 0. The quantitative estimate of drug-likeness (QED) is 0.509. The highest BCUT2D eigenvalue weighted by molar-refractivity contribution is 14.0. The molecule has 0 bridgehead atoms. The van der Waals surface area contributed by atoms with Gasteiger partial charge in [-0.05, 0) is 13.8 Å². The lowest BCUT2D eigenvalue weighted by Gasteiger charge is -1.84. The minimum absolute atomic E-state index is 0. The third-order valence-electron chi connectivity index (χ3n) is 0.652. The van der Waals surface area contributed by atoms with Gasteiger partial charge in [-0.3, -0.25) is 0 Å². The molecule has 0 aromatic rings. The van der Waals surface area contributed by atoms with Gasteiger partial charge >= 0.3 is 0 Å². The van der Waals surface area contributed by atoms with Gasteiger partial charge in [0.25, 0.3) is 0 Å². The van der Waals surface area contributed by atoms with E-state index in [0.29, 0.717) is 0 Å². The van der Waals surface area contributed by atoms with E-state index >= 15 is 0 Å². The molecule has 0 aliphatic heterocycles. The molecular formula is C8H13I. The monoisotopic (exact) mass is 236 g/mol. The third kappa shape index (κ3) is 11.5. The Hall–Kier alpha value is -0.0500. The van der Waals surface area contributed by atoms with Gasteiger partial charge in [0.15, 0.2) is 0 Å². The van der Waals surface area contributed by atoms with Crippen molar-refractivity contribution in [1.82, 2.24) is 0 Å². The molecule has 0 aromatic carbocycles. The van der Waals surface area contributed by atoms with E-state index < -0.39 is 0 Å². The van der Waals surface area contributed by atoms with Gasteiger partial charge in [0.05, 0.1) is 0 Å². The van der Waals surface area contributed by atoms with Gasteiger partial charge in [-0.25, -0.2) is 0 Å². The van der Waals surface area contributed by atoms with Crippen molar-refractivity contribution in [3.63, 3.8) is 0 Å². The lowest BCUT2D eigenvalue weighted by atomic mass is 10.2. The fourth-order valence-electron chi connectivity index (χ4n) is 0.285. The minimum Gasteiger partial charge on any atom is -0.107 e. The average Bonchev–Trinajstić information content (AvgIpc) is 1.61. The molecular weight excluding hydrogens is 223 g/mol. The molecule has 0 radical (unpaired) electrons.